The Morgan fingerprint density at radius 1 is 0.483 bits per heavy atom. The van der Waals surface area contributed by atoms with Gasteiger partial charge >= 0.3 is 0 Å². The van der Waals surface area contributed by atoms with Gasteiger partial charge in [0.2, 0.25) is 0 Å². The molecule has 0 saturated heterocycles. The Kier molecular flexibility index (Phi) is 7.95. The summed E-state index contributed by atoms with van der Waals surface area (Å²) in [6.07, 6.45) is 14.7. The number of benzene rings is 7. The summed E-state index contributed by atoms with van der Waals surface area (Å²) in [6, 6.07) is 58.9. The molecule has 7 aromatic rings. The van der Waals surface area contributed by atoms with Gasteiger partial charge in [0.25, 0.3) is 0 Å². The quantitative estimate of drug-likeness (QED) is 0.169. The first-order valence-electron chi connectivity index (χ1n) is 22.5. The molecule has 4 atom stereocenters. The largest absolute Gasteiger partial charge is 0.310 e. The summed E-state index contributed by atoms with van der Waals surface area (Å²) in [5, 5.41) is 2.56. The maximum Gasteiger partial charge on any atom is 0.0468 e. The third-order valence-electron chi connectivity index (χ3n) is 16.0. The van der Waals surface area contributed by atoms with E-state index >= 15 is 0 Å². The van der Waals surface area contributed by atoms with Gasteiger partial charge in [-0.15, -0.1) is 0 Å². The first kappa shape index (κ1) is 34.6. The van der Waals surface area contributed by atoms with Gasteiger partial charge in [-0.05, 0) is 159 Å². The van der Waals surface area contributed by atoms with Crippen molar-refractivity contribution in [2.24, 2.45) is 17.8 Å². The third-order valence-corrected chi connectivity index (χ3v) is 16.0. The minimum Gasteiger partial charge on any atom is -0.310 e. The Morgan fingerprint density at radius 3 is 1.86 bits per heavy atom. The fourth-order valence-corrected chi connectivity index (χ4v) is 13.6. The number of hydrogen-bond acceptors (Lipinski definition) is 1. The summed E-state index contributed by atoms with van der Waals surface area (Å²) in [5.41, 5.74) is 18.5. The van der Waals surface area contributed by atoms with Crippen LogP contribution in [0.1, 0.15) is 99.8 Å². The predicted molar refractivity (Wildman–Crippen MR) is 243 cm³/mol. The monoisotopic (exact) mass is 751 g/mol. The molecule has 0 N–H and O–H groups in total. The molecule has 5 aliphatic carbocycles. The van der Waals surface area contributed by atoms with Gasteiger partial charge in [0.05, 0.1) is 0 Å². The first-order chi connectivity index (χ1) is 28.7. The van der Waals surface area contributed by atoms with E-state index < -0.39 is 0 Å². The van der Waals surface area contributed by atoms with Gasteiger partial charge in [-0.3, -0.25) is 0 Å². The zero-order chi connectivity index (χ0) is 38.4. The number of fused-ring (bicyclic) bond motifs is 14. The van der Waals surface area contributed by atoms with Crippen molar-refractivity contribution in [3.05, 3.63) is 174 Å². The van der Waals surface area contributed by atoms with Crippen molar-refractivity contribution < 1.29 is 0 Å². The molecule has 1 heteroatoms. The zero-order valence-electron chi connectivity index (χ0n) is 33.9. The van der Waals surface area contributed by atoms with E-state index in [1.807, 2.05) is 0 Å². The minimum atomic E-state index is 0.119. The molecule has 0 aromatic heterocycles. The maximum absolute atomic E-state index is 2.58. The predicted octanol–water partition coefficient (Wildman–Crippen LogP) is 15.7. The normalized spacial score (nSPS) is 23.4. The van der Waals surface area contributed by atoms with E-state index in [0.29, 0.717) is 5.92 Å². The number of hydrogen-bond donors (Lipinski definition) is 0. The van der Waals surface area contributed by atoms with Crippen molar-refractivity contribution in [3.63, 3.8) is 0 Å². The van der Waals surface area contributed by atoms with Crippen molar-refractivity contribution in [1.82, 2.24) is 0 Å². The molecule has 1 nitrogen and oxygen atoms in total. The van der Waals surface area contributed by atoms with E-state index in [2.05, 4.69) is 163 Å². The smallest absolute Gasteiger partial charge is 0.0468 e. The molecule has 0 radical (unpaired) electrons. The Hall–Kier alpha value is -5.40. The maximum atomic E-state index is 2.58. The van der Waals surface area contributed by atoms with Gasteiger partial charge in [0.15, 0.2) is 0 Å². The minimum absolute atomic E-state index is 0.119. The average Bonchev–Trinajstić information content (AvgIpc) is 3.72. The second-order valence-corrected chi connectivity index (χ2v) is 18.6. The molecule has 4 unspecified atom stereocenters. The topological polar surface area (TPSA) is 3.24 Å². The molecule has 5 aliphatic rings. The van der Waals surface area contributed by atoms with Gasteiger partial charge in [-0.25, -0.2) is 0 Å². The van der Waals surface area contributed by atoms with E-state index in [9.17, 15) is 0 Å². The molecule has 58 heavy (non-hydrogen) atoms. The molecule has 2 bridgehead atoms. The Bertz CT molecular complexity index is 2710. The molecule has 12 rings (SSSR count). The van der Waals surface area contributed by atoms with Crippen LogP contribution < -0.4 is 4.90 Å². The lowest BCUT2D eigenvalue weighted by Crippen LogP contribution is -2.48. The van der Waals surface area contributed by atoms with Gasteiger partial charge in [0, 0.05) is 27.9 Å². The summed E-state index contributed by atoms with van der Waals surface area (Å²) in [7, 11) is 0. The average molecular weight is 752 g/mol. The highest BCUT2D eigenvalue weighted by atomic mass is 15.1. The molecular formula is C57H53N. The van der Waals surface area contributed by atoms with Crippen LogP contribution in [0, 0.1) is 17.8 Å². The van der Waals surface area contributed by atoms with Crippen LogP contribution >= 0.6 is 0 Å². The molecule has 286 valence electrons. The second-order valence-electron chi connectivity index (χ2n) is 18.6. The lowest BCUT2D eigenvalue weighted by molar-refractivity contribution is 0.0557. The van der Waals surface area contributed by atoms with E-state index in [1.165, 1.54) is 132 Å². The highest BCUT2D eigenvalue weighted by Crippen LogP contribution is 2.65. The zero-order valence-corrected chi connectivity index (χ0v) is 33.9. The van der Waals surface area contributed by atoms with Crippen LogP contribution in [0.5, 0.6) is 0 Å². The van der Waals surface area contributed by atoms with Gasteiger partial charge in [-0.1, -0.05) is 155 Å². The van der Waals surface area contributed by atoms with Crippen LogP contribution in [0.25, 0.3) is 44.2 Å². The fraction of sp³-hybridized carbons (Fsp3) is 0.298. The highest BCUT2D eigenvalue weighted by Gasteiger charge is 2.56. The summed E-state index contributed by atoms with van der Waals surface area (Å²) in [4.78, 5) is 2.56. The fourth-order valence-electron chi connectivity index (χ4n) is 13.6. The third kappa shape index (κ3) is 4.95. The molecule has 0 heterocycles. The van der Waals surface area contributed by atoms with Crippen LogP contribution in [0.4, 0.5) is 17.1 Å². The molecule has 3 fully saturated rings. The molecule has 0 amide bonds. The number of rotatable bonds is 5. The molecular weight excluding hydrogens is 699 g/mol. The van der Waals surface area contributed by atoms with Crippen LogP contribution in [0.15, 0.2) is 152 Å². The standard InChI is InChI=1S/C57H53N/c1-2-43-33-38-13-12-16-44(34-38)57(43)54-20-9-7-18-49(54)51-37-47(28-30-55(51)57)58(45-25-23-40(24-26-45)42-22-21-39-14-4-5-15-41(39)35-42)46-27-29-53-50(36-46)48-17-6-8-19-52(48)56(53)31-10-3-11-32-56/h4-9,14-15,17-30,35-38,43-44H,2-3,10-13,16,31-34H2,1H3. The lowest BCUT2D eigenvalue weighted by Gasteiger charge is -2.54. The van der Waals surface area contributed by atoms with Crippen LogP contribution in [0.3, 0.4) is 0 Å². The van der Waals surface area contributed by atoms with Crippen molar-refractivity contribution in [2.45, 2.75) is 88.4 Å². The summed E-state index contributed by atoms with van der Waals surface area (Å²) < 4.78 is 0. The molecule has 7 aromatic carbocycles. The second kappa shape index (κ2) is 13.3. The Morgan fingerprint density at radius 2 is 1.09 bits per heavy atom. The van der Waals surface area contributed by atoms with Crippen molar-refractivity contribution in [2.75, 3.05) is 4.90 Å². The number of anilines is 3. The summed E-state index contributed by atoms with van der Waals surface area (Å²) in [5.74, 6) is 2.31. The Balaban J connectivity index is 1.03. The molecule has 2 spiro atoms. The van der Waals surface area contributed by atoms with E-state index in [1.54, 1.807) is 22.3 Å². The summed E-state index contributed by atoms with van der Waals surface area (Å²) in [6.45, 7) is 2.47. The SMILES string of the molecule is CCC1CC2CCCC(C2)C12c1ccccc1-c1cc(N(c3ccc(-c4ccc5ccccc5c4)cc3)c3ccc4c(c3)-c3ccccc3C43CCCCC3)ccc12. The number of nitrogens with zero attached hydrogens (tertiary/aromatic N) is 1. The van der Waals surface area contributed by atoms with Crippen LogP contribution in [-0.4, -0.2) is 0 Å². The first-order valence-corrected chi connectivity index (χ1v) is 22.5. The van der Waals surface area contributed by atoms with Crippen molar-refractivity contribution >= 4 is 27.8 Å². The van der Waals surface area contributed by atoms with Gasteiger partial charge in [-0.2, -0.15) is 0 Å². The van der Waals surface area contributed by atoms with Gasteiger partial charge < -0.3 is 4.90 Å². The lowest BCUT2D eigenvalue weighted by atomic mass is 9.50. The van der Waals surface area contributed by atoms with Crippen molar-refractivity contribution in [3.8, 4) is 33.4 Å². The molecule has 0 aliphatic heterocycles. The Labute approximate surface area is 344 Å². The van der Waals surface area contributed by atoms with Crippen LogP contribution in [0.2, 0.25) is 0 Å². The van der Waals surface area contributed by atoms with E-state index in [-0.39, 0.29) is 10.8 Å². The highest BCUT2D eigenvalue weighted by molar-refractivity contribution is 5.91. The van der Waals surface area contributed by atoms with Gasteiger partial charge in [0.1, 0.15) is 0 Å². The molecule has 3 saturated carbocycles. The summed E-state index contributed by atoms with van der Waals surface area (Å²) >= 11 is 0. The van der Waals surface area contributed by atoms with Crippen molar-refractivity contribution in [1.29, 1.82) is 0 Å². The van der Waals surface area contributed by atoms with E-state index in [0.717, 1.165) is 11.8 Å². The van der Waals surface area contributed by atoms with E-state index in [4.69, 9.17) is 0 Å². The van der Waals surface area contributed by atoms with Crippen LogP contribution in [-0.2, 0) is 10.8 Å².